The maximum Gasteiger partial charge on any atom is 0.305 e. The Kier molecular flexibility index (Phi) is 4.65. The number of sulfonamides is 1. The lowest BCUT2D eigenvalue weighted by Gasteiger charge is -2.12. The second kappa shape index (κ2) is 5.63. The Balaban J connectivity index is 2.92. The Morgan fingerprint density at radius 3 is 2.56 bits per heavy atom. The van der Waals surface area contributed by atoms with Gasteiger partial charge >= 0.3 is 4.87 Å². The zero-order valence-electron chi connectivity index (χ0n) is 10.2. The van der Waals surface area contributed by atoms with Gasteiger partial charge in [0.05, 0.1) is 6.04 Å². The van der Waals surface area contributed by atoms with Gasteiger partial charge in [0.15, 0.2) is 4.21 Å². The van der Waals surface area contributed by atoms with Crippen molar-refractivity contribution in [3.8, 4) is 0 Å². The summed E-state index contributed by atoms with van der Waals surface area (Å²) < 4.78 is 26.0. The molecule has 1 rings (SSSR count). The molecule has 1 heterocycles. The summed E-state index contributed by atoms with van der Waals surface area (Å²) in [5, 5.41) is 2.51. The van der Waals surface area contributed by atoms with Crippen LogP contribution in [0.5, 0.6) is 0 Å². The first-order valence-electron chi connectivity index (χ1n) is 5.27. The number of hydrogen-bond acceptors (Lipinski definition) is 5. The minimum absolute atomic E-state index is 0.0938. The minimum atomic E-state index is -3.86. The fraction of sp³-hybridized carbons (Fsp3) is 0.556. The van der Waals surface area contributed by atoms with E-state index in [1.54, 1.807) is 6.92 Å². The van der Waals surface area contributed by atoms with E-state index >= 15 is 0 Å². The summed E-state index contributed by atoms with van der Waals surface area (Å²) in [5.41, 5.74) is 0.264. The van der Waals surface area contributed by atoms with Gasteiger partial charge in [-0.15, -0.1) is 0 Å². The van der Waals surface area contributed by atoms with E-state index in [0.29, 0.717) is 17.9 Å². The highest BCUT2D eigenvalue weighted by Crippen LogP contribution is 2.15. The molecule has 0 aliphatic carbocycles. The van der Waals surface area contributed by atoms with Crippen molar-refractivity contribution >= 4 is 27.3 Å². The molecule has 3 N–H and O–H groups in total. The lowest BCUT2D eigenvalue weighted by Crippen LogP contribution is -2.44. The third kappa shape index (κ3) is 3.40. The van der Waals surface area contributed by atoms with Gasteiger partial charge in [-0.25, -0.2) is 8.42 Å². The van der Waals surface area contributed by atoms with Gasteiger partial charge in [0.2, 0.25) is 5.91 Å². The molecule has 0 bridgehead atoms. The number of carbonyl (C=O) groups excluding carboxylic acids is 1. The second-order valence-electron chi connectivity index (χ2n) is 3.66. The summed E-state index contributed by atoms with van der Waals surface area (Å²) in [4.78, 5) is 24.4. The van der Waals surface area contributed by atoms with Crippen molar-refractivity contribution in [1.29, 1.82) is 0 Å². The van der Waals surface area contributed by atoms with E-state index in [1.165, 1.54) is 13.8 Å². The van der Waals surface area contributed by atoms with Crippen LogP contribution in [0.1, 0.15) is 19.5 Å². The molecule has 1 unspecified atom stereocenters. The van der Waals surface area contributed by atoms with Crippen LogP contribution in [0, 0.1) is 6.92 Å². The van der Waals surface area contributed by atoms with Crippen LogP contribution in [0.4, 0.5) is 0 Å². The van der Waals surface area contributed by atoms with Crippen molar-refractivity contribution in [1.82, 2.24) is 15.0 Å². The molecule has 0 fully saturated rings. The van der Waals surface area contributed by atoms with Crippen molar-refractivity contribution in [2.45, 2.75) is 31.0 Å². The predicted molar refractivity (Wildman–Crippen MR) is 68.1 cm³/mol. The number of likely N-dealkylation sites (N-methyl/N-ethyl adjacent to an activating group) is 1. The monoisotopic (exact) mass is 293 g/mol. The largest absolute Gasteiger partial charge is 0.355 e. The number of aromatic nitrogens is 1. The van der Waals surface area contributed by atoms with Gasteiger partial charge in [-0.2, -0.15) is 4.72 Å². The van der Waals surface area contributed by atoms with E-state index < -0.39 is 26.8 Å². The molecule has 0 spiro atoms. The molecule has 1 amide bonds. The Morgan fingerprint density at radius 1 is 1.50 bits per heavy atom. The van der Waals surface area contributed by atoms with Crippen LogP contribution in [-0.4, -0.2) is 31.9 Å². The first-order valence-corrected chi connectivity index (χ1v) is 7.57. The van der Waals surface area contributed by atoms with Gasteiger partial charge in [-0.05, 0) is 20.8 Å². The Labute approximate surface area is 109 Å². The van der Waals surface area contributed by atoms with Crippen molar-refractivity contribution in [2.75, 3.05) is 6.54 Å². The Bertz CT molecular complexity index is 587. The van der Waals surface area contributed by atoms with E-state index in [1.807, 2.05) is 0 Å². The minimum Gasteiger partial charge on any atom is -0.355 e. The lowest BCUT2D eigenvalue weighted by atomic mass is 10.3. The summed E-state index contributed by atoms with van der Waals surface area (Å²) in [5.74, 6) is -0.415. The third-order valence-electron chi connectivity index (χ3n) is 2.10. The molecule has 0 aliphatic rings. The zero-order valence-corrected chi connectivity index (χ0v) is 11.9. The second-order valence-corrected chi connectivity index (χ2v) is 6.56. The highest BCUT2D eigenvalue weighted by Gasteiger charge is 2.25. The summed E-state index contributed by atoms with van der Waals surface area (Å²) in [6.07, 6.45) is 0. The van der Waals surface area contributed by atoms with Gasteiger partial charge in [0, 0.05) is 12.2 Å². The fourth-order valence-electron chi connectivity index (χ4n) is 1.31. The van der Waals surface area contributed by atoms with Crippen LogP contribution in [-0.2, 0) is 14.8 Å². The molecular formula is C9H15N3O4S2. The van der Waals surface area contributed by atoms with E-state index in [4.69, 9.17) is 0 Å². The van der Waals surface area contributed by atoms with Crippen LogP contribution < -0.4 is 14.9 Å². The van der Waals surface area contributed by atoms with Gasteiger partial charge in [0.1, 0.15) is 0 Å². The smallest absolute Gasteiger partial charge is 0.305 e. The number of aryl methyl sites for hydroxylation is 1. The van der Waals surface area contributed by atoms with Crippen molar-refractivity contribution in [3.05, 3.63) is 15.4 Å². The Hall–Kier alpha value is -1.19. The number of amides is 1. The molecule has 18 heavy (non-hydrogen) atoms. The summed E-state index contributed by atoms with van der Waals surface area (Å²) in [6.45, 7) is 5.08. The third-order valence-corrected chi connectivity index (χ3v) is 5.25. The molecule has 7 nitrogen and oxygen atoms in total. The Morgan fingerprint density at radius 2 is 2.11 bits per heavy atom. The molecule has 9 heteroatoms. The van der Waals surface area contributed by atoms with Crippen LogP contribution in [0.2, 0.25) is 0 Å². The number of rotatable bonds is 5. The number of H-pyrrole nitrogens is 1. The number of aromatic amines is 1. The zero-order chi connectivity index (χ0) is 13.9. The van der Waals surface area contributed by atoms with Crippen molar-refractivity contribution in [2.24, 2.45) is 0 Å². The first kappa shape index (κ1) is 14.9. The number of nitrogens with one attached hydrogen (secondary N) is 3. The molecule has 0 aliphatic heterocycles. The summed E-state index contributed by atoms with van der Waals surface area (Å²) in [6, 6.07) is -0.897. The average molecular weight is 293 g/mol. The van der Waals surface area contributed by atoms with Crippen LogP contribution in [0.15, 0.2) is 9.00 Å². The molecule has 1 atom stereocenters. The van der Waals surface area contributed by atoms with Gasteiger partial charge in [-0.3, -0.25) is 9.59 Å². The van der Waals surface area contributed by atoms with Crippen molar-refractivity contribution < 1.29 is 13.2 Å². The highest BCUT2D eigenvalue weighted by molar-refractivity contribution is 7.91. The van der Waals surface area contributed by atoms with Gasteiger partial charge < -0.3 is 10.3 Å². The molecule has 1 aromatic rings. The topological polar surface area (TPSA) is 108 Å². The normalized spacial score (nSPS) is 13.3. The fourth-order valence-corrected chi connectivity index (χ4v) is 3.83. The molecular weight excluding hydrogens is 278 g/mol. The summed E-state index contributed by atoms with van der Waals surface area (Å²) in [7, 11) is -3.86. The van der Waals surface area contributed by atoms with Crippen LogP contribution >= 0.6 is 11.3 Å². The first-order chi connectivity index (χ1) is 8.27. The molecule has 0 saturated heterocycles. The quantitative estimate of drug-likeness (QED) is 0.683. The number of carbonyl (C=O) groups is 1. The van der Waals surface area contributed by atoms with Crippen LogP contribution in [0.3, 0.4) is 0 Å². The molecule has 102 valence electrons. The SMILES string of the molecule is CCNC(=O)C(C)NS(=O)(=O)c1sc(=O)[nH]c1C. The lowest BCUT2D eigenvalue weighted by molar-refractivity contribution is -0.122. The summed E-state index contributed by atoms with van der Waals surface area (Å²) >= 11 is 0.595. The van der Waals surface area contributed by atoms with E-state index in [0.717, 1.165) is 0 Å². The number of hydrogen-bond donors (Lipinski definition) is 3. The van der Waals surface area contributed by atoms with Gasteiger partial charge in [-0.1, -0.05) is 11.3 Å². The van der Waals surface area contributed by atoms with E-state index in [-0.39, 0.29) is 9.90 Å². The molecule has 0 radical (unpaired) electrons. The standard InChI is InChI=1S/C9H15N3O4S2/c1-4-10-7(13)5(2)12-18(15,16)8-6(3)11-9(14)17-8/h5,12H,4H2,1-3H3,(H,10,13)(H,11,14). The maximum absolute atomic E-state index is 11.9. The predicted octanol–water partition coefficient (Wildman–Crippen LogP) is -0.452. The average Bonchev–Trinajstić information content (AvgIpc) is 2.58. The highest BCUT2D eigenvalue weighted by atomic mass is 32.2. The maximum atomic E-state index is 11.9. The number of thiazole rings is 1. The van der Waals surface area contributed by atoms with E-state index in [2.05, 4.69) is 15.0 Å². The molecule has 0 saturated carbocycles. The van der Waals surface area contributed by atoms with Gasteiger partial charge in [0.25, 0.3) is 10.0 Å². The van der Waals surface area contributed by atoms with E-state index in [9.17, 15) is 18.0 Å². The van der Waals surface area contributed by atoms with Crippen LogP contribution in [0.25, 0.3) is 0 Å². The molecule has 1 aromatic heterocycles. The van der Waals surface area contributed by atoms with Crippen molar-refractivity contribution in [3.63, 3.8) is 0 Å². The molecule has 0 aromatic carbocycles.